The van der Waals surface area contributed by atoms with Gasteiger partial charge in [0.1, 0.15) is 0 Å². The van der Waals surface area contributed by atoms with Gasteiger partial charge in [0, 0.05) is 13.7 Å². The molecule has 0 amide bonds. The molecule has 0 atom stereocenters. The summed E-state index contributed by atoms with van der Waals surface area (Å²) < 4.78 is 32.2. The lowest BCUT2D eigenvalue weighted by molar-refractivity contribution is -0.0148. The molecule has 32 heavy (non-hydrogen) atoms. The van der Waals surface area contributed by atoms with Crippen molar-refractivity contribution in [2.45, 2.75) is 90.4 Å². The van der Waals surface area contributed by atoms with Gasteiger partial charge in [0.15, 0.2) is 0 Å². The van der Waals surface area contributed by atoms with E-state index >= 15 is 0 Å². The van der Waals surface area contributed by atoms with Gasteiger partial charge in [-0.1, -0.05) is 84.0 Å². The van der Waals surface area contributed by atoms with E-state index in [1.807, 2.05) is 0 Å². The molecule has 6 heteroatoms. The normalized spacial score (nSPS) is 11.4. The molecule has 0 bridgehead atoms. The van der Waals surface area contributed by atoms with Gasteiger partial charge in [0.05, 0.1) is 66.1 Å². The van der Waals surface area contributed by atoms with Crippen LogP contribution in [-0.2, 0) is 28.4 Å². The fraction of sp³-hybridized carbons (Fsp3) is 1.00. The van der Waals surface area contributed by atoms with E-state index in [0.717, 1.165) is 13.0 Å². The summed E-state index contributed by atoms with van der Waals surface area (Å²) in [4.78, 5) is 0. The van der Waals surface area contributed by atoms with Crippen molar-refractivity contribution < 1.29 is 28.4 Å². The fourth-order valence-electron chi connectivity index (χ4n) is 3.35. The second-order valence-corrected chi connectivity index (χ2v) is 8.30. The predicted molar refractivity (Wildman–Crippen MR) is 132 cm³/mol. The topological polar surface area (TPSA) is 55.4 Å². The van der Waals surface area contributed by atoms with Crippen LogP contribution in [0.15, 0.2) is 0 Å². The minimum atomic E-state index is 0.579. The Labute approximate surface area is 199 Å². The van der Waals surface area contributed by atoms with Crippen molar-refractivity contribution in [1.82, 2.24) is 0 Å². The number of hydrogen-bond acceptors (Lipinski definition) is 6. The Bertz CT molecular complexity index is 287. The van der Waals surface area contributed by atoms with Crippen LogP contribution in [0.5, 0.6) is 0 Å². The van der Waals surface area contributed by atoms with Gasteiger partial charge >= 0.3 is 0 Å². The van der Waals surface area contributed by atoms with Gasteiger partial charge in [0.2, 0.25) is 0 Å². The Morgan fingerprint density at radius 3 is 0.938 bits per heavy atom. The average Bonchev–Trinajstić information content (AvgIpc) is 2.81. The van der Waals surface area contributed by atoms with Gasteiger partial charge in [-0.3, -0.25) is 0 Å². The highest BCUT2D eigenvalue weighted by Crippen LogP contribution is 2.12. The number of rotatable bonds is 29. The molecule has 0 aliphatic heterocycles. The lowest BCUT2D eigenvalue weighted by atomic mass is 10.0. The zero-order chi connectivity index (χ0) is 23.2. The van der Waals surface area contributed by atoms with Crippen molar-refractivity contribution in [3.05, 3.63) is 0 Å². The molecule has 194 valence electrons. The van der Waals surface area contributed by atoms with Crippen molar-refractivity contribution in [2.24, 2.45) is 0 Å². The first kappa shape index (κ1) is 31.8. The second-order valence-electron chi connectivity index (χ2n) is 8.30. The van der Waals surface area contributed by atoms with E-state index in [-0.39, 0.29) is 0 Å². The quantitative estimate of drug-likeness (QED) is 0.131. The highest BCUT2D eigenvalue weighted by Gasteiger charge is 1.96. The standard InChI is InChI=1S/C26H54O6/c1-3-4-5-6-7-8-9-10-11-12-13-14-15-16-28-19-20-30-23-24-32-26-25-31-22-21-29-18-17-27-2/h3-26H2,1-2H3. The first-order chi connectivity index (χ1) is 15.9. The van der Waals surface area contributed by atoms with Crippen LogP contribution in [0.4, 0.5) is 0 Å². The van der Waals surface area contributed by atoms with E-state index in [9.17, 15) is 0 Å². The van der Waals surface area contributed by atoms with E-state index in [2.05, 4.69) is 6.92 Å². The predicted octanol–water partition coefficient (Wildman–Crippen LogP) is 5.81. The molecule has 0 N–H and O–H groups in total. The SMILES string of the molecule is CCCCCCCCCCCCCCCOCCOCCOCCOCCOCCOC. The van der Waals surface area contributed by atoms with Crippen LogP contribution in [0, 0.1) is 0 Å². The van der Waals surface area contributed by atoms with Gasteiger partial charge < -0.3 is 28.4 Å². The first-order valence-corrected chi connectivity index (χ1v) is 13.3. The van der Waals surface area contributed by atoms with Crippen molar-refractivity contribution in [3.8, 4) is 0 Å². The molecule has 0 aliphatic carbocycles. The molecule has 0 radical (unpaired) electrons. The number of hydrogen-bond donors (Lipinski definition) is 0. The number of methoxy groups -OCH3 is 1. The molecule has 0 aliphatic rings. The highest BCUT2D eigenvalue weighted by molar-refractivity contribution is 4.49. The second kappa shape index (κ2) is 30.8. The Morgan fingerprint density at radius 1 is 0.312 bits per heavy atom. The maximum Gasteiger partial charge on any atom is 0.0701 e. The average molecular weight is 463 g/mol. The van der Waals surface area contributed by atoms with Gasteiger partial charge in [-0.25, -0.2) is 0 Å². The van der Waals surface area contributed by atoms with Crippen LogP contribution in [-0.4, -0.2) is 79.8 Å². The van der Waals surface area contributed by atoms with Crippen LogP contribution < -0.4 is 0 Å². The lowest BCUT2D eigenvalue weighted by Gasteiger charge is -2.08. The van der Waals surface area contributed by atoms with Crippen molar-refractivity contribution in [3.63, 3.8) is 0 Å². The summed E-state index contributed by atoms with van der Waals surface area (Å²) in [5.41, 5.74) is 0. The van der Waals surface area contributed by atoms with Crippen LogP contribution in [0.25, 0.3) is 0 Å². The number of ether oxygens (including phenoxy) is 6. The molecule has 0 heterocycles. The Morgan fingerprint density at radius 2 is 0.594 bits per heavy atom. The molecule has 6 nitrogen and oxygen atoms in total. The van der Waals surface area contributed by atoms with Crippen molar-refractivity contribution in [1.29, 1.82) is 0 Å². The summed E-state index contributed by atoms with van der Waals surface area (Å²) in [5, 5.41) is 0. The Balaban J connectivity index is 2.98. The molecule has 0 unspecified atom stereocenters. The number of unbranched alkanes of at least 4 members (excludes halogenated alkanes) is 12. The van der Waals surface area contributed by atoms with Gasteiger partial charge in [-0.05, 0) is 6.42 Å². The van der Waals surface area contributed by atoms with Gasteiger partial charge in [-0.15, -0.1) is 0 Å². The van der Waals surface area contributed by atoms with Crippen molar-refractivity contribution in [2.75, 3.05) is 79.8 Å². The molecule has 0 aromatic carbocycles. The highest BCUT2D eigenvalue weighted by atomic mass is 16.6. The summed E-state index contributed by atoms with van der Waals surface area (Å²) in [6.07, 6.45) is 17.9. The molecule has 0 aromatic rings. The molecule has 0 fully saturated rings. The molecule has 0 spiro atoms. The molecule has 0 saturated heterocycles. The summed E-state index contributed by atoms with van der Waals surface area (Å²) in [7, 11) is 1.66. The summed E-state index contributed by atoms with van der Waals surface area (Å²) >= 11 is 0. The van der Waals surface area contributed by atoms with E-state index in [1.54, 1.807) is 7.11 Å². The zero-order valence-corrected chi connectivity index (χ0v) is 21.4. The van der Waals surface area contributed by atoms with Crippen LogP contribution in [0.3, 0.4) is 0 Å². The van der Waals surface area contributed by atoms with Gasteiger partial charge in [0.25, 0.3) is 0 Å². The Kier molecular flexibility index (Phi) is 30.5. The van der Waals surface area contributed by atoms with E-state index in [4.69, 9.17) is 28.4 Å². The monoisotopic (exact) mass is 462 g/mol. The lowest BCUT2D eigenvalue weighted by Crippen LogP contribution is -2.14. The minimum Gasteiger partial charge on any atom is -0.382 e. The first-order valence-electron chi connectivity index (χ1n) is 13.3. The third kappa shape index (κ3) is 29.8. The third-order valence-electron chi connectivity index (χ3n) is 5.31. The molecule has 0 rings (SSSR count). The molecular formula is C26H54O6. The van der Waals surface area contributed by atoms with E-state index in [0.29, 0.717) is 66.1 Å². The Hall–Kier alpha value is -0.240. The summed E-state index contributed by atoms with van der Waals surface area (Å²) in [6, 6.07) is 0. The van der Waals surface area contributed by atoms with E-state index < -0.39 is 0 Å². The minimum absolute atomic E-state index is 0.579. The maximum atomic E-state index is 5.64. The molecule has 0 aromatic heterocycles. The van der Waals surface area contributed by atoms with Crippen LogP contribution in [0.2, 0.25) is 0 Å². The smallest absolute Gasteiger partial charge is 0.0701 e. The van der Waals surface area contributed by atoms with Gasteiger partial charge in [-0.2, -0.15) is 0 Å². The largest absolute Gasteiger partial charge is 0.382 e. The summed E-state index contributed by atoms with van der Waals surface area (Å²) in [5.74, 6) is 0. The molecular weight excluding hydrogens is 408 g/mol. The maximum absolute atomic E-state index is 5.64. The third-order valence-corrected chi connectivity index (χ3v) is 5.31. The molecule has 0 saturated carbocycles. The van der Waals surface area contributed by atoms with E-state index in [1.165, 1.54) is 77.0 Å². The fourth-order valence-corrected chi connectivity index (χ4v) is 3.35. The summed E-state index contributed by atoms with van der Waals surface area (Å²) in [6.45, 7) is 9.19. The van der Waals surface area contributed by atoms with Crippen LogP contribution in [0.1, 0.15) is 90.4 Å². The zero-order valence-electron chi connectivity index (χ0n) is 21.4. The van der Waals surface area contributed by atoms with Crippen LogP contribution >= 0.6 is 0 Å². The van der Waals surface area contributed by atoms with Crippen molar-refractivity contribution >= 4 is 0 Å².